The fourth-order valence-corrected chi connectivity index (χ4v) is 2.01. The predicted octanol–water partition coefficient (Wildman–Crippen LogP) is 3.43. The van der Waals surface area contributed by atoms with Gasteiger partial charge in [-0.1, -0.05) is 15.9 Å². The maximum atomic E-state index is 10.5. The van der Waals surface area contributed by atoms with Crippen LogP contribution in [0.15, 0.2) is 39.4 Å². The number of halogens is 2. The second kappa shape index (κ2) is 8.17. The van der Waals surface area contributed by atoms with Crippen molar-refractivity contribution in [3.05, 3.63) is 40.7 Å². The lowest BCUT2D eigenvalue weighted by Crippen LogP contribution is -2.21. The Hall–Kier alpha value is -1.37. The number of rotatable bonds is 6. The lowest BCUT2D eigenvalue weighted by atomic mass is 10.2. The van der Waals surface area contributed by atoms with Gasteiger partial charge in [-0.2, -0.15) is 0 Å². The van der Waals surface area contributed by atoms with E-state index >= 15 is 0 Å². The highest BCUT2D eigenvalue weighted by molar-refractivity contribution is 9.10. The Kier molecular flexibility index (Phi) is 6.87. The first-order valence-electron chi connectivity index (χ1n) is 6.15. The molecule has 0 radical (unpaired) electrons. The summed E-state index contributed by atoms with van der Waals surface area (Å²) in [6, 6.07) is 7.71. The minimum Gasteiger partial charge on any atom is -0.481 e. The molecule has 21 heavy (non-hydrogen) atoms. The number of carbonyl (C=O) groups is 1. The molecule has 0 saturated heterocycles. The summed E-state index contributed by atoms with van der Waals surface area (Å²) in [5.41, 5.74) is 1.70. The molecular weight excluding hydrogens is 360 g/mol. The Labute approximate surface area is 137 Å². The van der Waals surface area contributed by atoms with Crippen LogP contribution in [0.5, 0.6) is 0 Å². The van der Waals surface area contributed by atoms with E-state index in [4.69, 9.17) is 9.52 Å². The predicted molar refractivity (Wildman–Crippen MR) is 85.5 cm³/mol. The molecular formula is C14H16BrClN2O3. The van der Waals surface area contributed by atoms with E-state index in [1.807, 2.05) is 36.2 Å². The number of aromatic nitrogens is 1. The number of hydrogen-bond acceptors (Lipinski definition) is 4. The average Bonchev–Trinajstić information content (AvgIpc) is 2.85. The number of carboxylic acid groups (broad SMARTS) is 1. The zero-order valence-corrected chi connectivity index (χ0v) is 13.9. The third-order valence-electron chi connectivity index (χ3n) is 2.78. The van der Waals surface area contributed by atoms with Crippen LogP contribution in [0.1, 0.15) is 12.1 Å². The SMILES string of the molecule is CN(CCC(=O)O)Cc1coc(-c2ccc(Br)cc2)n1.Cl. The van der Waals surface area contributed by atoms with Gasteiger partial charge >= 0.3 is 5.97 Å². The van der Waals surface area contributed by atoms with Crippen LogP contribution in [0, 0.1) is 0 Å². The van der Waals surface area contributed by atoms with Crippen molar-refractivity contribution in [2.75, 3.05) is 13.6 Å². The topological polar surface area (TPSA) is 66.6 Å². The Balaban J connectivity index is 0.00000220. The van der Waals surface area contributed by atoms with Crippen LogP contribution in [-0.2, 0) is 11.3 Å². The van der Waals surface area contributed by atoms with Crippen molar-refractivity contribution in [1.82, 2.24) is 9.88 Å². The van der Waals surface area contributed by atoms with E-state index in [9.17, 15) is 4.79 Å². The molecule has 0 aliphatic rings. The van der Waals surface area contributed by atoms with Crippen molar-refractivity contribution in [1.29, 1.82) is 0 Å². The molecule has 0 aliphatic carbocycles. The fourth-order valence-electron chi connectivity index (χ4n) is 1.75. The lowest BCUT2D eigenvalue weighted by Gasteiger charge is -2.12. The van der Waals surface area contributed by atoms with Crippen molar-refractivity contribution < 1.29 is 14.3 Å². The monoisotopic (exact) mass is 374 g/mol. The van der Waals surface area contributed by atoms with E-state index in [-0.39, 0.29) is 18.8 Å². The summed E-state index contributed by atoms with van der Waals surface area (Å²) in [5.74, 6) is -0.230. The maximum absolute atomic E-state index is 10.5. The Bertz CT molecular complexity index is 586. The van der Waals surface area contributed by atoms with Crippen molar-refractivity contribution in [2.24, 2.45) is 0 Å². The summed E-state index contributed by atoms with van der Waals surface area (Å²) in [6.45, 7) is 1.04. The fraction of sp³-hybridized carbons (Fsp3) is 0.286. The molecule has 2 rings (SSSR count). The summed E-state index contributed by atoms with van der Waals surface area (Å²) in [4.78, 5) is 16.8. The van der Waals surface area contributed by atoms with Crippen LogP contribution in [0.3, 0.4) is 0 Å². The molecule has 1 aromatic carbocycles. The summed E-state index contributed by atoms with van der Waals surface area (Å²) in [6.07, 6.45) is 1.72. The van der Waals surface area contributed by atoms with Crippen LogP contribution >= 0.6 is 28.3 Å². The lowest BCUT2D eigenvalue weighted by molar-refractivity contribution is -0.137. The van der Waals surface area contributed by atoms with E-state index < -0.39 is 5.97 Å². The summed E-state index contributed by atoms with van der Waals surface area (Å²) >= 11 is 3.38. The van der Waals surface area contributed by atoms with Gasteiger partial charge in [-0.3, -0.25) is 9.69 Å². The molecule has 5 nitrogen and oxygen atoms in total. The van der Waals surface area contributed by atoms with E-state index in [1.54, 1.807) is 6.26 Å². The maximum Gasteiger partial charge on any atom is 0.304 e. The van der Waals surface area contributed by atoms with Crippen LogP contribution in [-0.4, -0.2) is 34.6 Å². The summed E-state index contributed by atoms with van der Waals surface area (Å²) in [5, 5.41) is 8.64. The molecule has 2 aromatic rings. The smallest absolute Gasteiger partial charge is 0.304 e. The van der Waals surface area contributed by atoms with Gasteiger partial charge < -0.3 is 9.52 Å². The molecule has 0 fully saturated rings. The highest BCUT2D eigenvalue weighted by atomic mass is 79.9. The van der Waals surface area contributed by atoms with Crippen LogP contribution in [0.4, 0.5) is 0 Å². The van der Waals surface area contributed by atoms with Gasteiger partial charge in [0.2, 0.25) is 5.89 Å². The number of nitrogens with zero attached hydrogens (tertiary/aromatic N) is 2. The molecule has 0 atom stereocenters. The third-order valence-corrected chi connectivity index (χ3v) is 3.31. The average molecular weight is 376 g/mol. The van der Waals surface area contributed by atoms with Gasteiger partial charge in [-0.15, -0.1) is 12.4 Å². The third kappa shape index (κ3) is 5.49. The van der Waals surface area contributed by atoms with E-state index in [1.165, 1.54) is 0 Å². The van der Waals surface area contributed by atoms with Gasteiger partial charge in [-0.25, -0.2) is 4.98 Å². The number of aliphatic carboxylic acids is 1. The zero-order chi connectivity index (χ0) is 14.5. The van der Waals surface area contributed by atoms with Gasteiger partial charge in [-0.05, 0) is 31.3 Å². The van der Waals surface area contributed by atoms with Gasteiger partial charge in [0.05, 0.1) is 12.1 Å². The number of carboxylic acids is 1. The first kappa shape index (κ1) is 17.7. The minimum absolute atomic E-state index is 0. The first-order valence-corrected chi connectivity index (χ1v) is 6.94. The molecule has 114 valence electrons. The summed E-state index contributed by atoms with van der Waals surface area (Å²) < 4.78 is 6.45. The highest BCUT2D eigenvalue weighted by Crippen LogP contribution is 2.21. The summed E-state index contributed by atoms with van der Waals surface area (Å²) in [7, 11) is 1.86. The Morgan fingerprint density at radius 3 is 2.67 bits per heavy atom. The van der Waals surface area contributed by atoms with Crippen molar-refractivity contribution >= 4 is 34.3 Å². The number of hydrogen-bond donors (Lipinski definition) is 1. The molecule has 0 saturated carbocycles. The highest BCUT2D eigenvalue weighted by Gasteiger charge is 2.09. The quantitative estimate of drug-likeness (QED) is 0.838. The van der Waals surface area contributed by atoms with E-state index in [2.05, 4.69) is 20.9 Å². The van der Waals surface area contributed by atoms with Crippen molar-refractivity contribution in [2.45, 2.75) is 13.0 Å². The number of oxazole rings is 1. The molecule has 0 amide bonds. The molecule has 0 bridgehead atoms. The molecule has 1 aromatic heterocycles. The standard InChI is InChI=1S/C14H15BrN2O3.ClH/c1-17(7-6-13(18)19)8-12-9-20-14(16-12)10-2-4-11(15)5-3-10;/h2-5,9H,6-8H2,1H3,(H,18,19);1H. The van der Waals surface area contributed by atoms with E-state index in [0.29, 0.717) is 19.0 Å². The Morgan fingerprint density at radius 2 is 2.05 bits per heavy atom. The first-order chi connectivity index (χ1) is 9.54. The molecule has 0 unspecified atom stereocenters. The van der Waals surface area contributed by atoms with E-state index in [0.717, 1.165) is 15.7 Å². The van der Waals surface area contributed by atoms with Gasteiger partial charge in [0.25, 0.3) is 0 Å². The zero-order valence-electron chi connectivity index (χ0n) is 11.5. The van der Waals surface area contributed by atoms with Gasteiger partial charge in [0.1, 0.15) is 6.26 Å². The second-order valence-corrected chi connectivity index (χ2v) is 5.45. The van der Waals surface area contributed by atoms with Gasteiger partial charge in [0, 0.05) is 23.1 Å². The van der Waals surface area contributed by atoms with Crippen LogP contribution in [0.25, 0.3) is 11.5 Å². The minimum atomic E-state index is -0.799. The molecule has 0 aliphatic heterocycles. The van der Waals surface area contributed by atoms with Crippen molar-refractivity contribution in [3.8, 4) is 11.5 Å². The normalized spacial score (nSPS) is 10.4. The van der Waals surface area contributed by atoms with Crippen LogP contribution < -0.4 is 0 Å². The Morgan fingerprint density at radius 1 is 1.38 bits per heavy atom. The molecule has 1 N–H and O–H groups in total. The largest absolute Gasteiger partial charge is 0.481 e. The van der Waals surface area contributed by atoms with Crippen molar-refractivity contribution in [3.63, 3.8) is 0 Å². The van der Waals surface area contributed by atoms with Gasteiger partial charge in [0.15, 0.2) is 0 Å². The number of benzene rings is 1. The molecule has 1 heterocycles. The van der Waals surface area contributed by atoms with Crippen LogP contribution in [0.2, 0.25) is 0 Å². The molecule has 7 heteroatoms. The molecule has 0 spiro atoms. The second-order valence-electron chi connectivity index (χ2n) is 4.53.